The smallest absolute Gasteiger partial charge is 0.319 e. The van der Waals surface area contributed by atoms with Gasteiger partial charge in [0.1, 0.15) is 5.41 Å². The molecule has 1 amide bonds. The first-order valence-electron chi connectivity index (χ1n) is 6.15. The number of hydrogen-bond acceptors (Lipinski definition) is 3. The first kappa shape index (κ1) is 12.7. The summed E-state index contributed by atoms with van der Waals surface area (Å²) in [7, 11) is 0. The van der Waals surface area contributed by atoms with E-state index < -0.39 is 11.4 Å². The van der Waals surface area contributed by atoms with Crippen LogP contribution < -0.4 is 0 Å². The van der Waals surface area contributed by atoms with Crippen molar-refractivity contribution >= 4 is 23.6 Å². The number of carboxylic acids is 1. The molecule has 2 atom stereocenters. The average Bonchev–Trinajstić information content (AvgIpc) is 2.19. The number of thioether (sulfide) groups is 1. The van der Waals surface area contributed by atoms with Gasteiger partial charge in [0, 0.05) is 23.6 Å². The molecule has 0 aromatic rings. The molecule has 0 spiro atoms. The maximum absolute atomic E-state index is 12.4. The average molecular weight is 257 g/mol. The molecule has 17 heavy (non-hydrogen) atoms. The summed E-state index contributed by atoms with van der Waals surface area (Å²) in [6.45, 7) is 4.80. The molecule has 96 valence electrons. The van der Waals surface area contributed by atoms with Crippen LogP contribution in [0.5, 0.6) is 0 Å². The van der Waals surface area contributed by atoms with Crippen LogP contribution in [-0.2, 0) is 9.59 Å². The number of carboxylic acid groups (broad SMARTS) is 1. The SMILES string of the molecule is CC1SCCN(C(=O)C2(C(=O)O)CCC2)C1C. The molecular formula is C12H19NO3S. The molecule has 0 aromatic carbocycles. The van der Waals surface area contributed by atoms with Crippen molar-refractivity contribution in [1.82, 2.24) is 4.90 Å². The van der Waals surface area contributed by atoms with E-state index >= 15 is 0 Å². The lowest BCUT2D eigenvalue weighted by atomic mass is 9.67. The molecule has 1 saturated carbocycles. The van der Waals surface area contributed by atoms with Crippen molar-refractivity contribution in [3.8, 4) is 0 Å². The van der Waals surface area contributed by atoms with Crippen molar-refractivity contribution in [3.63, 3.8) is 0 Å². The number of nitrogens with zero attached hydrogens (tertiary/aromatic N) is 1. The number of amides is 1. The molecule has 1 saturated heterocycles. The Morgan fingerprint density at radius 2 is 2.00 bits per heavy atom. The van der Waals surface area contributed by atoms with Crippen LogP contribution in [0.15, 0.2) is 0 Å². The topological polar surface area (TPSA) is 57.6 Å². The van der Waals surface area contributed by atoms with Gasteiger partial charge in [0.25, 0.3) is 0 Å². The van der Waals surface area contributed by atoms with Gasteiger partial charge in [-0.3, -0.25) is 9.59 Å². The molecule has 1 N–H and O–H groups in total. The molecule has 0 bridgehead atoms. The van der Waals surface area contributed by atoms with Crippen LogP contribution in [0.25, 0.3) is 0 Å². The van der Waals surface area contributed by atoms with Gasteiger partial charge in [-0.05, 0) is 19.8 Å². The lowest BCUT2D eigenvalue weighted by molar-refractivity contribution is -0.168. The van der Waals surface area contributed by atoms with Crippen LogP contribution in [0, 0.1) is 5.41 Å². The second-order valence-corrected chi connectivity index (χ2v) is 6.54. The summed E-state index contributed by atoms with van der Waals surface area (Å²) in [5, 5.41) is 9.67. The minimum Gasteiger partial charge on any atom is -0.480 e. The molecule has 1 aliphatic carbocycles. The van der Waals surface area contributed by atoms with Crippen LogP contribution >= 0.6 is 11.8 Å². The number of aliphatic carboxylic acids is 1. The Morgan fingerprint density at radius 1 is 1.35 bits per heavy atom. The van der Waals surface area contributed by atoms with Crippen LogP contribution in [0.3, 0.4) is 0 Å². The van der Waals surface area contributed by atoms with Crippen LogP contribution in [0.1, 0.15) is 33.1 Å². The summed E-state index contributed by atoms with van der Waals surface area (Å²) in [6, 6.07) is 0.137. The van der Waals surface area contributed by atoms with E-state index in [1.807, 2.05) is 18.7 Å². The third-order valence-corrected chi connectivity index (χ3v) is 5.51. The Balaban J connectivity index is 2.16. The first-order valence-corrected chi connectivity index (χ1v) is 7.20. The van der Waals surface area contributed by atoms with Crippen LogP contribution in [0.2, 0.25) is 0 Å². The van der Waals surface area contributed by atoms with Gasteiger partial charge in [0.15, 0.2) is 0 Å². The predicted molar refractivity (Wildman–Crippen MR) is 67.0 cm³/mol. The van der Waals surface area contributed by atoms with Crippen molar-refractivity contribution in [2.24, 2.45) is 5.41 Å². The molecule has 5 heteroatoms. The summed E-state index contributed by atoms with van der Waals surface area (Å²) in [6.07, 6.45) is 1.86. The minimum atomic E-state index is -1.10. The van der Waals surface area contributed by atoms with Crippen molar-refractivity contribution in [1.29, 1.82) is 0 Å². The van der Waals surface area contributed by atoms with Gasteiger partial charge in [-0.1, -0.05) is 13.3 Å². The molecule has 0 aromatic heterocycles. The summed E-state index contributed by atoms with van der Waals surface area (Å²) in [5.74, 6) is -0.185. The summed E-state index contributed by atoms with van der Waals surface area (Å²) < 4.78 is 0. The highest BCUT2D eigenvalue weighted by Crippen LogP contribution is 2.44. The van der Waals surface area contributed by atoms with Crippen molar-refractivity contribution < 1.29 is 14.7 Å². The molecule has 2 rings (SSSR count). The van der Waals surface area contributed by atoms with E-state index in [1.165, 1.54) is 0 Å². The minimum absolute atomic E-state index is 0.137. The van der Waals surface area contributed by atoms with E-state index in [-0.39, 0.29) is 11.9 Å². The third-order valence-electron chi connectivity index (χ3n) is 4.17. The quantitative estimate of drug-likeness (QED) is 0.763. The van der Waals surface area contributed by atoms with E-state index in [4.69, 9.17) is 0 Å². The second-order valence-electron chi connectivity index (χ2n) is 5.06. The van der Waals surface area contributed by atoms with Gasteiger partial charge in [-0.25, -0.2) is 0 Å². The highest BCUT2D eigenvalue weighted by Gasteiger charge is 2.54. The number of carbonyl (C=O) groups excluding carboxylic acids is 1. The van der Waals surface area contributed by atoms with Gasteiger partial charge in [0.2, 0.25) is 5.91 Å². The Morgan fingerprint density at radius 3 is 2.47 bits per heavy atom. The second kappa shape index (κ2) is 4.52. The Hall–Kier alpha value is -0.710. The van der Waals surface area contributed by atoms with E-state index in [9.17, 15) is 14.7 Å². The van der Waals surface area contributed by atoms with Gasteiger partial charge in [-0.2, -0.15) is 11.8 Å². The van der Waals surface area contributed by atoms with E-state index in [0.29, 0.717) is 24.6 Å². The maximum atomic E-state index is 12.4. The molecule has 2 aliphatic rings. The first-order chi connectivity index (χ1) is 7.99. The van der Waals surface area contributed by atoms with E-state index in [1.54, 1.807) is 4.90 Å². The Labute approximate surface area is 106 Å². The largest absolute Gasteiger partial charge is 0.480 e. The molecule has 4 nitrogen and oxygen atoms in total. The predicted octanol–water partition coefficient (Wildman–Crippen LogP) is 1.59. The zero-order chi connectivity index (χ0) is 12.6. The summed E-state index contributed by atoms with van der Waals surface area (Å²) >= 11 is 1.85. The van der Waals surface area contributed by atoms with Crippen LogP contribution in [-0.4, -0.2) is 45.5 Å². The lowest BCUT2D eigenvalue weighted by Crippen LogP contribution is -2.58. The summed E-state index contributed by atoms with van der Waals surface area (Å²) in [4.78, 5) is 25.5. The fourth-order valence-corrected chi connectivity index (χ4v) is 3.64. The molecule has 2 fully saturated rings. The summed E-state index contributed by atoms with van der Waals surface area (Å²) in [5.41, 5.74) is -1.10. The molecule has 1 heterocycles. The highest BCUT2D eigenvalue weighted by molar-refractivity contribution is 8.00. The molecular weight excluding hydrogens is 238 g/mol. The fraction of sp³-hybridized carbons (Fsp3) is 0.833. The normalized spacial score (nSPS) is 31.8. The van der Waals surface area contributed by atoms with Gasteiger partial charge in [-0.15, -0.1) is 0 Å². The van der Waals surface area contributed by atoms with Crippen LogP contribution in [0.4, 0.5) is 0 Å². The molecule has 0 radical (unpaired) electrons. The highest BCUT2D eigenvalue weighted by atomic mass is 32.2. The standard InChI is InChI=1S/C12H19NO3S/c1-8-9(2)17-7-6-13(8)10(14)12(11(15)16)4-3-5-12/h8-9H,3-7H2,1-2H3,(H,15,16). The number of carbonyl (C=O) groups is 2. The molecule has 1 aliphatic heterocycles. The van der Waals surface area contributed by atoms with E-state index in [0.717, 1.165) is 12.2 Å². The zero-order valence-electron chi connectivity index (χ0n) is 10.3. The number of rotatable bonds is 2. The van der Waals surface area contributed by atoms with Crippen molar-refractivity contribution in [3.05, 3.63) is 0 Å². The lowest BCUT2D eigenvalue weighted by Gasteiger charge is -2.45. The monoisotopic (exact) mass is 257 g/mol. The fourth-order valence-electron chi connectivity index (χ4n) is 2.54. The van der Waals surface area contributed by atoms with Gasteiger partial charge < -0.3 is 10.0 Å². The van der Waals surface area contributed by atoms with Gasteiger partial charge in [0.05, 0.1) is 0 Å². The number of hydrogen-bond donors (Lipinski definition) is 1. The Bertz CT molecular complexity index is 341. The van der Waals surface area contributed by atoms with Crippen molar-refractivity contribution in [2.45, 2.75) is 44.4 Å². The Kier molecular flexibility index (Phi) is 3.39. The zero-order valence-corrected chi connectivity index (χ0v) is 11.1. The van der Waals surface area contributed by atoms with Gasteiger partial charge >= 0.3 is 5.97 Å². The maximum Gasteiger partial charge on any atom is 0.319 e. The third kappa shape index (κ3) is 1.94. The molecule has 2 unspecified atom stereocenters. The van der Waals surface area contributed by atoms with E-state index in [2.05, 4.69) is 6.92 Å². The van der Waals surface area contributed by atoms with Crippen molar-refractivity contribution in [2.75, 3.05) is 12.3 Å².